The van der Waals surface area contributed by atoms with Crippen molar-refractivity contribution in [3.63, 3.8) is 0 Å². The van der Waals surface area contributed by atoms with Crippen LogP contribution in [0.3, 0.4) is 0 Å². The van der Waals surface area contributed by atoms with E-state index < -0.39 is 0 Å². The Balaban J connectivity index is 2.03. The molecular weight excluding hydrogens is 240 g/mol. The minimum atomic E-state index is 0.00648. The highest BCUT2D eigenvalue weighted by Gasteiger charge is 2.23. The van der Waals surface area contributed by atoms with Gasteiger partial charge >= 0.3 is 0 Å². The number of hydrazone groups is 1. The van der Waals surface area contributed by atoms with Crippen molar-refractivity contribution in [3.05, 3.63) is 34.9 Å². The molecule has 0 bridgehead atoms. The number of carbonyl (C=O) groups is 1. The first-order valence-electron chi connectivity index (χ1n) is 5.29. The molecule has 17 heavy (non-hydrogen) atoms. The van der Waals surface area contributed by atoms with Crippen LogP contribution in [-0.2, 0) is 16.1 Å². The quantitative estimate of drug-likeness (QED) is 0.823. The first-order chi connectivity index (χ1) is 8.19. The van der Waals surface area contributed by atoms with Crippen molar-refractivity contribution in [2.75, 3.05) is 13.7 Å². The van der Waals surface area contributed by atoms with E-state index in [9.17, 15) is 4.79 Å². The van der Waals surface area contributed by atoms with Gasteiger partial charge in [0.15, 0.2) is 0 Å². The van der Waals surface area contributed by atoms with Gasteiger partial charge < -0.3 is 4.74 Å². The van der Waals surface area contributed by atoms with Gasteiger partial charge in [0.2, 0.25) is 5.91 Å². The summed E-state index contributed by atoms with van der Waals surface area (Å²) in [4.78, 5) is 11.7. The molecule has 1 aromatic rings. The number of hydrogen-bond acceptors (Lipinski definition) is 3. The van der Waals surface area contributed by atoms with Gasteiger partial charge in [-0.15, -0.1) is 0 Å². The minimum absolute atomic E-state index is 0.00648. The third-order valence-corrected chi connectivity index (χ3v) is 2.71. The van der Waals surface area contributed by atoms with Crippen LogP contribution in [0.1, 0.15) is 12.0 Å². The summed E-state index contributed by atoms with van der Waals surface area (Å²) >= 11 is 5.80. The summed E-state index contributed by atoms with van der Waals surface area (Å²) in [6, 6.07) is 7.38. The third-order valence-electron chi connectivity index (χ3n) is 2.46. The summed E-state index contributed by atoms with van der Waals surface area (Å²) in [5.74, 6) is 0.00648. The van der Waals surface area contributed by atoms with Crippen molar-refractivity contribution in [2.24, 2.45) is 5.10 Å². The van der Waals surface area contributed by atoms with Crippen molar-refractivity contribution >= 4 is 23.2 Å². The maximum absolute atomic E-state index is 11.7. The van der Waals surface area contributed by atoms with Crippen LogP contribution in [0.5, 0.6) is 0 Å². The molecule has 90 valence electrons. The lowest BCUT2D eigenvalue weighted by molar-refractivity contribution is -0.129. The predicted molar refractivity (Wildman–Crippen MR) is 65.9 cm³/mol. The van der Waals surface area contributed by atoms with Gasteiger partial charge in [-0.3, -0.25) is 4.79 Å². The van der Waals surface area contributed by atoms with Crippen LogP contribution in [-0.4, -0.2) is 30.3 Å². The number of rotatable bonds is 4. The molecule has 0 N–H and O–H groups in total. The highest BCUT2D eigenvalue weighted by atomic mass is 35.5. The van der Waals surface area contributed by atoms with Gasteiger partial charge in [0.25, 0.3) is 0 Å². The average molecular weight is 253 g/mol. The first-order valence-corrected chi connectivity index (χ1v) is 5.67. The second kappa shape index (κ2) is 5.29. The monoisotopic (exact) mass is 252 g/mol. The third kappa shape index (κ3) is 3.05. The Morgan fingerprint density at radius 1 is 1.41 bits per heavy atom. The van der Waals surface area contributed by atoms with Gasteiger partial charge in [0, 0.05) is 12.1 Å². The molecule has 1 heterocycles. The number of ether oxygens (including phenoxy) is 1. The Morgan fingerprint density at radius 3 is 2.76 bits per heavy atom. The van der Waals surface area contributed by atoms with Crippen LogP contribution in [0.25, 0.3) is 0 Å². The Morgan fingerprint density at radius 2 is 2.12 bits per heavy atom. The molecule has 5 heteroatoms. The summed E-state index contributed by atoms with van der Waals surface area (Å²) in [7, 11) is 1.59. The van der Waals surface area contributed by atoms with E-state index in [-0.39, 0.29) is 5.91 Å². The van der Waals surface area contributed by atoms with Crippen molar-refractivity contribution in [2.45, 2.75) is 13.0 Å². The molecule has 1 aromatic carbocycles. The lowest BCUT2D eigenvalue weighted by atomic mass is 10.2. The van der Waals surface area contributed by atoms with Gasteiger partial charge in [0.05, 0.1) is 25.3 Å². The number of carbonyl (C=O) groups excluding carboxylic acids is 1. The normalized spacial score (nSPS) is 15.3. The lowest BCUT2D eigenvalue weighted by Gasteiger charge is -2.11. The van der Waals surface area contributed by atoms with Crippen LogP contribution in [0.15, 0.2) is 29.4 Å². The van der Waals surface area contributed by atoms with Crippen LogP contribution < -0.4 is 0 Å². The van der Waals surface area contributed by atoms with Crippen molar-refractivity contribution in [1.82, 2.24) is 5.01 Å². The maximum atomic E-state index is 11.7. The number of amides is 1. The van der Waals surface area contributed by atoms with Gasteiger partial charge in [-0.2, -0.15) is 5.10 Å². The molecule has 0 spiro atoms. The van der Waals surface area contributed by atoms with E-state index in [1.54, 1.807) is 19.2 Å². The first kappa shape index (κ1) is 12.1. The summed E-state index contributed by atoms with van der Waals surface area (Å²) in [6.07, 6.45) is 0.349. The number of nitrogens with zero attached hydrogens (tertiary/aromatic N) is 2. The molecule has 0 fully saturated rings. The van der Waals surface area contributed by atoms with E-state index in [0.29, 0.717) is 24.6 Å². The largest absolute Gasteiger partial charge is 0.379 e. The molecule has 0 atom stereocenters. The number of methoxy groups -OCH3 is 1. The maximum Gasteiger partial charge on any atom is 0.248 e. The average Bonchev–Trinajstić information content (AvgIpc) is 2.63. The van der Waals surface area contributed by atoms with Crippen LogP contribution in [0.4, 0.5) is 0 Å². The van der Waals surface area contributed by atoms with Gasteiger partial charge in [0.1, 0.15) is 0 Å². The molecule has 0 saturated carbocycles. The molecule has 0 unspecified atom stereocenters. The van der Waals surface area contributed by atoms with E-state index in [1.165, 1.54) is 5.01 Å². The highest BCUT2D eigenvalue weighted by molar-refractivity contribution is 6.30. The van der Waals surface area contributed by atoms with Crippen LogP contribution in [0.2, 0.25) is 5.02 Å². The molecule has 1 aliphatic rings. The standard InChI is InChI=1S/C12H13ClN2O2/c1-17-8-11-6-12(16)15(14-11)7-9-2-4-10(13)5-3-9/h2-5H,6-8H2,1H3. The topological polar surface area (TPSA) is 41.9 Å². The Hall–Kier alpha value is -1.39. The fourth-order valence-corrected chi connectivity index (χ4v) is 1.79. The summed E-state index contributed by atoms with van der Waals surface area (Å²) in [5.41, 5.74) is 1.77. The summed E-state index contributed by atoms with van der Waals surface area (Å²) < 4.78 is 4.96. The number of halogens is 1. The van der Waals surface area contributed by atoms with Gasteiger partial charge in [-0.1, -0.05) is 23.7 Å². The Labute approximate surface area is 105 Å². The zero-order valence-corrected chi connectivity index (χ0v) is 10.3. The zero-order chi connectivity index (χ0) is 12.3. The highest BCUT2D eigenvalue weighted by Crippen LogP contribution is 2.15. The summed E-state index contributed by atoms with van der Waals surface area (Å²) in [5, 5.41) is 6.37. The minimum Gasteiger partial charge on any atom is -0.379 e. The van der Waals surface area contributed by atoms with E-state index in [1.807, 2.05) is 12.1 Å². The molecule has 0 radical (unpaired) electrons. The molecule has 4 nitrogen and oxygen atoms in total. The molecule has 0 saturated heterocycles. The molecule has 0 aliphatic carbocycles. The van der Waals surface area contributed by atoms with Gasteiger partial charge in [-0.25, -0.2) is 5.01 Å². The van der Waals surface area contributed by atoms with E-state index in [0.717, 1.165) is 11.3 Å². The lowest BCUT2D eigenvalue weighted by Crippen LogP contribution is -2.20. The van der Waals surface area contributed by atoms with E-state index in [2.05, 4.69) is 5.10 Å². The van der Waals surface area contributed by atoms with Crippen molar-refractivity contribution in [1.29, 1.82) is 0 Å². The Kier molecular flexibility index (Phi) is 3.76. The molecular formula is C12H13ClN2O2. The molecule has 0 aromatic heterocycles. The fourth-order valence-electron chi connectivity index (χ4n) is 1.66. The molecule has 1 amide bonds. The van der Waals surface area contributed by atoms with Crippen LogP contribution in [0, 0.1) is 0 Å². The van der Waals surface area contributed by atoms with E-state index in [4.69, 9.17) is 16.3 Å². The second-order valence-electron chi connectivity index (χ2n) is 3.85. The molecule has 1 aliphatic heterocycles. The molecule has 2 rings (SSSR count). The fraction of sp³-hybridized carbons (Fsp3) is 0.333. The van der Waals surface area contributed by atoms with Gasteiger partial charge in [-0.05, 0) is 17.7 Å². The summed E-state index contributed by atoms with van der Waals surface area (Å²) in [6.45, 7) is 0.881. The zero-order valence-electron chi connectivity index (χ0n) is 9.52. The predicted octanol–water partition coefficient (Wildman–Crippen LogP) is 2.07. The second-order valence-corrected chi connectivity index (χ2v) is 4.29. The number of benzene rings is 1. The van der Waals surface area contributed by atoms with Crippen LogP contribution >= 0.6 is 11.6 Å². The smallest absolute Gasteiger partial charge is 0.248 e. The van der Waals surface area contributed by atoms with E-state index >= 15 is 0 Å². The van der Waals surface area contributed by atoms with Crippen molar-refractivity contribution < 1.29 is 9.53 Å². The SMILES string of the molecule is COCC1=NN(Cc2ccc(Cl)cc2)C(=O)C1. The Bertz CT molecular complexity index is 442. The number of hydrogen-bond donors (Lipinski definition) is 0. The van der Waals surface area contributed by atoms with Crippen molar-refractivity contribution in [3.8, 4) is 0 Å².